The number of amides is 1. The van der Waals surface area contributed by atoms with E-state index in [1.54, 1.807) is 0 Å². The molecule has 0 aliphatic carbocycles. The number of nitrogens with one attached hydrogen (secondary N) is 2. The zero-order chi connectivity index (χ0) is 15.1. The van der Waals surface area contributed by atoms with Crippen molar-refractivity contribution < 1.29 is 4.79 Å². The van der Waals surface area contributed by atoms with Gasteiger partial charge in [0.1, 0.15) is 6.04 Å². The molecule has 0 spiro atoms. The molecule has 1 heterocycles. The lowest BCUT2D eigenvalue weighted by molar-refractivity contribution is -0.126. The molecule has 2 unspecified atom stereocenters. The first kappa shape index (κ1) is 22.2. The second kappa shape index (κ2) is 11.7. The zero-order valence-corrected chi connectivity index (χ0v) is 15.6. The van der Waals surface area contributed by atoms with Gasteiger partial charge in [0.25, 0.3) is 0 Å². The molecule has 1 fully saturated rings. The Morgan fingerprint density at radius 3 is 2.43 bits per heavy atom. The van der Waals surface area contributed by atoms with Gasteiger partial charge in [-0.25, -0.2) is 0 Å². The third kappa shape index (κ3) is 6.30. The first-order valence-electron chi connectivity index (χ1n) is 8.06. The van der Waals surface area contributed by atoms with E-state index in [0.29, 0.717) is 6.04 Å². The summed E-state index contributed by atoms with van der Waals surface area (Å²) in [6.07, 6.45) is 2.36. The lowest BCUT2D eigenvalue weighted by Crippen LogP contribution is -2.44. The molecule has 0 saturated carbocycles. The molecule has 6 heteroatoms. The summed E-state index contributed by atoms with van der Waals surface area (Å²) in [5.41, 5.74) is 1.07. The molecule has 2 atom stereocenters. The number of likely N-dealkylation sites (N-methyl/N-ethyl adjacent to an activating group) is 1. The van der Waals surface area contributed by atoms with Gasteiger partial charge in [-0.15, -0.1) is 24.8 Å². The maximum Gasteiger partial charge on any atom is 0.242 e. The van der Waals surface area contributed by atoms with E-state index in [1.807, 2.05) is 30.3 Å². The molecule has 132 valence electrons. The highest BCUT2D eigenvalue weighted by Crippen LogP contribution is 2.20. The zero-order valence-electron chi connectivity index (χ0n) is 14.0. The molecule has 4 nitrogen and oxygen atoms in total. The molecule has 2 N–H and O–H groups in total. The summed E-state index contributed by atoms with van der Waals surface area (Å²) in [7, 11) is 0. The fraction of sp³-hybridized carbons (Fsp3) is 0.588. The highest BCUT2D eigenvalue weighted by molar-refractivity contribution is 5.85. The van der Waals surface area contributed by atoms with Gasteiger partial charge in [0.15, 0.2) is 0 Å². The second-order valence-electron chi connectivity index (χ2n) is 5.57. The van der Waals surface area contributed by atoms with Crippen LogP contribution in [0.4, 0.5) is 0 Å². The molecule has 2 rings (SSSR count). The molecule has 0 radical (unpaired) electrons. The Hall–Kier alpha value is -0.810. The topological polar surface area (TPSA) is 44.4 Å². The summed E-state index contributed by atoms with van der Waals surface area (Å²) in [6, 6.07) is 10.3. The molecule has 1 aromatic carbocycles. The van der Waals surface area contributed by atoms with E-state index >= 15 is 0 Å². The molecule has 23 heavy (non-hydrogen) atoms. The molecular weight excluding hydrogens is 333 g/mol. The van der Waals surface area contributed by atoms with Crippen molar-refractivity contribution in [3.63, 3.8) is 0 Å². The minimum atomic E-state index is -0.192. The van der Waals surface area contributed by atoms with E-state index in [9.17, 15) is 4.79 Å². The van der Waals surface area contributed by atoms with E-state index in [4.69, 9.17) is 0 Å². The highest BCUT2D eigenvalue weighted by Gasteiger charge is 2.26. The smallest absolute Gasteiger partial charge is 0.242 e. The van der Waals surface area contributed by atoms with E-state index < -0.39 is 0 Å². The van der Waals surface area contributed by atoms with Crippen LogP contribution in [0.1, 0.15) is 38.3 Å². The van der Waals surface area contributed by atoms with Gasteiger partial charge in [0.2, 0.25) is 5.91 Å². The van der Waals surface area contributed by atoms with Crippen LogP contribution in [0.3, 0.4) is 0 Å². The van der Waals surface area contributed by atoms with Gasteiger partial charge in [-0.2, -0.15) is 0 Å². The number of carbonyl (C=O) groups excluding carboxylic acids is 1. The number of hydrogen-bond acceptors (Lipinski definition) is 3. The first-order valence-corrected chi connectivity index (χ1v) is 8.06. The Balaban J connectivity index is 0.00000242. The van der Waals surface area contributed by atoms with Crippen molar-refractivity contribution in [2.75, 3.05) is 26.2 Å². The van der Waals surface area contributed by atoms with Crippen LogP contribution in [-0.4, -0.2) is 43.0 Å². The second-order valence-corrected chi connectivity index (χ2v) is 5.57. The average Bonchev–Trinajstić information content (AvgIpc) is 3.04. The van der Waals surface area contributed by atoms with Crippen LogP contribution in [0, 0.1) is 0 Å². The third-order valence-corrected chi connectivity index (χ3v) is 4.23. The molecular formula is C17H29Cl2N3O. The summed E-state index contributed by atoms with van der Waals surface area (Å²) in [4.78, 5) is 14.9. The molecule has 1 aromatic rings. The predicted octanol–water partition coefficient (Wildman–Crippen LogP) is 2.78. The van der Waals surface area contributed by atoms with Gasteiger partial charge in [-0.3, -0.25) is 9.69 Å². The van der Waals surface area contributed by atoms with Crippen molar-refractivity contribution in [1.29, 1.82) is 0 Å². The molecule has 1 aliphatic rings. The van der Waals surface area contributed by atoms with Crippen molar-refractivity contribution in [3.8, 4) is 0 Å². The number of halogens is 2. The van der Waals surface area contributed by atoms with Crippen LogP contribution in [0.2, 0.25) is 0 Å². The largest absolute Gasteiger partial charge is 0.353 e. The number of carbonyl (C=O) groups is 1. The van der Waals surface area contributed by atoms with E-state index in [-0.39, 0.29) is 36.8 Å². The Bertz CT molecular complexity index is 435. The molecule has 1 aliphatic heterocycles. The Labute approximate surface area is 152 Å². The molecule has 0 bridgehead atoms. The normalized spacial score (nSPS) is 18.0. The fourth-order valence-corrected chi connectivity index (χ4v) is 3.00. The van der Waals surface area contributed by atoms with E-state index in [1.165, 1.54) is 6.42 Å². The lowest BCUT2D eigenvalue weighted by Gasteiger charge is -2.29. The van der Waals surface area contributed by atoms with Gasteiger partial charge in [-0.1, -0.05) is 44.2 Å². The number of benzene rings is 1. The summed E-state index contributed by atoms with van der Waals surface area (Å²) in [6.45, 7) is 7.73. The van der Waals surface area contributed by atoms with Gasteiger partial charge in [0.05, 0.1) is 0 Å². The van der Waals surface area contributed by atoms with Crippen LogP contribution in [-0.2, 0) is 4.79 Å². The quantitative estimate of drug-likeness (QED) is 0.784. The highest BCUT2D eigenvalue weighted by atomic mass is 35.5. The van der Waals surface area contributed by atoms with Gasteiger partial charge in [0, 0.05) is 12.6 Å². The summed E-state index contributed by atoms with van der Waals surface area (Å²) >= 11 is 0. The van der Waals surface area contributed by atoms with Crippen LogP contribution >= 0.6 is 24.8 Å². The van der Waals surface area contributed by atoms with E-state index in [2.05, 4.69) is 29.4 Å². The SMILES string of the molecule is CCN(CC)C(C(=O)NCC1CCCN1)c1ccccc1.Cl.Cl. The average molecular weight is 362 g/mol. The Morgan fingerprint density at radius 2 is 1.91 bits per heavy atom. The monoisotopic (exact) mass is 361 g/mol. The third-order valence-electron chi connectivity index (χ3n) is 4.23. The standard InChI is InChI=1S/C17H27N3O.2ClH/c1-3-20(4-2)16(14-9-6-5-7-10-14)17(21)19-13-15-11-8-12-18-15;;/h5-7,9-10,15-16,18H,3-4,8,11-13H2,1-2H3,(H,19,21);2*1H. The van der Waals surface area contributed by atoms with Crippen molar-refractivity contribution in [1.82, 2.24) is 15.5 Å². The summed E-state index contributed by atoms with van der Waals surface area (Å²) in [5.74, 6) is 0.110. The lowest BCUT2D eigenvalue weighted by atomic mass is 10.0. The Morgan fingerprint density at radius 1 is 1.26 bits per heavy atom. The van der Waals surface area contributed by atoms with Crippen LogP contribution < -0.4 is 10.6 Å². The van der Waals surface area contributed by atoms with Crippen molar-refractivity contribution >= 4 is 30.7 Å². The minimum Gasteiger partial charge on any atom is -0.353 e. The molecule has 0 aromatic heterocycles. The van der Waals surface area contributed by atoms with Crippen molar-refractivity contribution in [2.45, 2.75) is 38.8 Å². The van der Waals surface area contributed by atoms with E-state index in [0.717, 1.165) is 38.2 Å². The predicted molar refractivity (Wildman–Crippen MR) is 101 cm³/mol. The number of rotatable bonds is 7. The fourth-order valence-electron chi connectivity index (χ4n) is 3.00. The maximum atomic E-state index is 12.7. The van der Waals surface area contributed by atoms with Crippen LogP contribution in [0.25, 0.3) is 0 Å². The molecule has 1 amide bonds. The maximum absolute atomic E-state index is 12.7. The van der Waals surface area contributed by atoms with Crippen molar-refractivity contribution in [3.05, 3.63) is 35.9 Å². The summed E-state index contributed by atoms with van der Waals surface area (Å²) in [5, 5.41) is 6.55. The summed E-state index contributed by atoms with van der Waals surface area (Å²) < 4.78 is 0. The minimum absolute atomic E-state index is 0. The molecule has 1 saturated heterocycles. The first-order chi connectivity index (χ1) is 10.3. The van der Waals surface area contributed by atoms with Crippen LogP contribution in [0.15, 0.2) is 30.3 Å². The van der Waals surface area contributed by atoms with Gasteiger partial charge >= 0.3 is 0 Å². The Kier molecular flexibility index (Phi) is 11.3. The van der Waals surface area contributed by atoms with Crippen molar-refractivity contribution in [2.24, 2.45) is 0 Å². The van der Waals surface area contributed by atoms with Gasteiger partial charge in [-0.05, 0) is 38.0 Å². The van der Waals surface area contributed by atoms with Crippen LogP contribution in [0.5, 0.6) is 0 Å². The number of hydrogen-bond donors (Lipinski definition) is 2. The van der Waals surface area contributed by atoms with Gasteiger partial charge < -0.3 is 10.6 Å². The number of nitrogens with zero attached hydrogens (tertiary/aromatic N) is 1.